The highest BCUT2D eigenvalue weighted by Crippen LogP contribution is 2.54. The Morgan fingerprint density at radius 3 is 2.09 bits per heavy atom. The van der Waals surface area contributed by atoms with Gasteiger partial charge in [-0.1, -0.05) is 122 Å². The predicted octanol–water partition coefficient (Wildman–Crippen LogP) is 9.58. The van der Waals surface area contributed by atoms with Crippen LogP contribution in [-0.2, 0) is 22.7 Å². The number of hydrogen-bond donors (Lipinski definition) is 0. The maximum absolute atomic E-state index is 2.62. The molecule has 0 heteroatoms. The Balaban J connectivity index is 1.75. The van der Waals surface area contributed by atoms with Gasteiger partial charge in [0.05, 0.1) is 0 Å². The molecule has 0 heterocycles. The number of rotatable bonds is 3. The van der Waals surface area contributed by atoms with Crippen LogP contribution in [0.3, 0.4) is 0 Å². The second-order valence-corrected chi connectivity index (χ2v) is 13.4. The molecule has 0 saturated heterocycles. The van der Waals surface area contributed by atoms with Crippen molar-refractivity contribution in [3.63, 3.8) is 0 Å². The standard InChI is InChI=1S/C34H44/c1-32(2,3)26-17-18-27-23(21-26)22-29-28(27)19-20-30(33(4,5)6)31(29)34(7,25-15-11-12-16-25)24-13-9-8-10-14-24/h11-12,15,17-21,24H,8-10,13-14,16,22H2,1-7H3. The summed E-state index contributed by atoms with van der Waals surface area (Å²) in [6.45, 7) is 16.9. The Hall–Kier alpha value is -2.08. The summed E-state index contributed by atoms with van der Waals surface area (Å²) in [4.78, 5) is 0. The zero-order valence-corrected chi connectivity index (χ0v) is 22.6. The first-order valence-corrected chi connectivity index (χ1v) is 13.7. The second-order valence-electron chi connectivity index (χ2n) is 13.4. The van der Waals surface area contributed by atoms with Crippen LogP contribution in [0.25, 0.3) is 11.1 Å². The van der Waals surface area contributed by atoms with Gasteiger partial charge < -0.3 is 0 Å². The van der Waals surface area contributed by atoms with Gasteiger partial charge in [0.2, 0.25) is 0 Å². The zero-order chi connectivity index (χ0) is 24.3. The van der Waals surface area contributed by atoms with Crippen molar-refractivity contribution < 1.29 is 0 Å². The van der Waals surface area contributed by atoms with Crippen molar-refractivity contribution in [3.05, 3.63) is 82.0 Å². The lowest BCUT2D eigenvalue weighted by molar-refractivity contribution is 0.245. The van der Waals surface area contributed by atoms with E-state index in [-0.39, 0.29) is 16.2 Å². The van der Waals surface area contributed by atoms with E-state index in [9.17, 15) is 0 Å². The van der Waals surface area contributed by atoms with Crippen molar-refractivity contribution in [3.8, 4) is 11.1 Å². The Bertz CT molecular complexity index is 1150. The minimum absolute atomic E-state index is 0.104. The van der Waals surface area contributed by atoms with Crippen molar-refractivity contribution in [1.82, 2.24) is 0 Å². The maximum atomic E-state index is 2.62. The Kier molecular flexibility index (Phi) is 5.74. The highest BCUT2D eigenvalue weighted by atomic mass is 14.5. The molecule has 0 spiro atoms. The molecule has 1 fully saturated rings. The van der Waals surface area contributed by atoms with Crippen LogP contribution in [0.1, 0.15) is 115 Å². The molecule has 0 radical (unpaired) electrons. The molecule has 0 N–H and O–H groups in total. The average molecular weight is 453 g/mol. The molecule has 0 nitrogen and oxygen atoms in total. The van der Waals surface area contributed by atoms with E-state index in [1.165, 1.54) is 54.4 Å². The Labute approximate surface area is 208 Å². The first-order valence-electron chi connectivity index (χ1n) is 13.7. The van der Waals surface area contributed by atoms with Gasteiger partial charge in [0, 0.05) is 5.41 Å². The van der Waals surface area contributed by atoms with E-state index in [0.717, 1.165) is 18.8 Å². The van der Waals surface area contributed by atoms with Gasteiger partial charge in [-0.2, -0.15) is 0 Å². The number of hydrogen-bond acceptors (Lipinski definition) is 0. The monoisotopic (exact) mass is 452 g/mol. The van der Waals surface area contributed by atoms with Crippen LogP contribution < -0.4 is 0 Å². The molecule has 1 saturated carbocycles. The Morgan fingerprint density at radius 2 is 1.47 bits per heavy atom. The number of allylic oxidation sites excluding steroid dienone is 4. The molecule has 3 aliphatic carbocycles. The van der Waals surface area contributed by atoms with E-state index in [0.29, 0.717) is 0 Å². The van der Waals surface area contributed by atoms with E-state index in [1.54, 1.807) is 22.3 Å². The van der Waals surface area contributed by atoms with Crippen LogP contribution in [0.15, 0.2) is 54.1 Å². The van der Waals surface area contributed by atoms with Crippen molar-refractivity contribution >= 4 is 0 Å². The summed E-state index contributed by atoms with van der Waals surface area (Å²) in [5, 5.41) is 0. The second kappa shape index (κ2) is 8.25. The lowest BCUT2D eigenvalue weighted by Crippen LogP contribution is -2.38. The molecule has 180 valence electrons. The Morgan fingerprint density at radius 1 is 0.765 bits per heavy atom. The molecule has 1 atom stereocenters. The van der Waals surface area contributed by atoms with Crippen molar-refractivity contribution in [1.29, 1.82) is 0 Å². The summed E-state index contributed by atoms with van der Waals surface area (Å²) in [5.41, 5.74) is 12.9. The summed E-state index contributed by atoms with van der Waals surface area (Å²) in [6, 6.07) is 12.2. The maximum Gasteiger partial charge on any atom is 0.0174 e. The van der Waals surface area contributed by atoms with Gasteiger partial charge in [-0.15, -0.1) is 0 Å². The molecule has 2 aromatic carbocycles. The van der Waals surface area contributed by atoms with E-state index in [4.69, 9.17) is 0 Å². The van der Waals surface area contributed by atoms with Gasteiger partial charge in [0.1, 0.15) is 0 Å². The van der Waals surface area contributed by atoms with Crippen molar-refractivity contribution in [2.45, 2.75) is 110 Å². The first-order chi connectivity index (χ1) is 16.0. The van der Waals surface area contributed by atoms with Gasteiger partial charge >= 0.3 is 0 Å². The predicted molar refractivity (Wildman–Crippen MR) is 148 cm³/mol. The topological polar surface area (TPSA) is 0 Å². The summed E-state index contributed by atoms with van der Waals surface area (Å²) in [6.07, 6.45) is 16.2. The summed E-state index contributed by atoms with van der Waals surface area (Å²) in [5.74, 6) is 0.730. The normalized spacial score (nSPS) is 20.1. The van der Waals surface area contributed by atoms with Crippen LogP contribution in [0.2, 0.25) is 0 Å². The highest BCUT2D eigenvalue weighted by Gasteiger charge is 2.45. The molecule has 0 aliphatic heterocycles. The molecular formula is C34H44. The van der Waals surface area contributed by atoms with Gasteiger partial charge in [0.25, 0.3) is 0 Å². The zero-order valence-electron chi connectivity index (χ0n) is 22.6. The van der Waals surface area contributed by atoms with E-state index in [1.807, 2.05) is 0 Å². The lowest BCUT2D eigenvalue weighted by atomic mass is 9.58. The fraction of sp³-hybridized carbons (Fsp3) is 0.529. The SMILES string of the molecule is CC(C)(C)c1ccc2c(c1)Cc1c-2ccc(C(C)(C)C)c1C(C)(C1=CC=CC1)C1CCCCC1. The summed E-state index contributed by atoms with van der Waals surface area (Å²) < 4.78 is 0. The summed E-state index contributed by atoms with van der Waals surface area (Å²) >= 11 is 0. The molecule has 0 bridgehead atoms. The van der Waals surface area contributed by atoms with E-state index < -0.39 is 0 Å². The smallest absolute Gasteiger partial charge is 0.0174 e. The van der Waals surface area contributed by atoms with Gasteiger partial charge in [-0.25, -0.2) is 0 Å². The molecule has 1 unspecified atom stereocenters. The van der Waals surface area contributed by atoms with Crippen LogP contribution in [0.4, 0.5) is 0 Å². The van der Waals surface area contributed by atoms with Gasteiger partial charge in [-0.05, 0) is 81.4 Å². The molecule has 0 aromatic heterocycles. The van der Waals surface area contributed by atoms with Crippen LogP contribution >= 0.6 is 0 Å². The van der Waals surface area contributed by atoms with E-state index >= 15 is 0 Å². The molecule has 5 rings (SSSR count). The fourth-order valence-electron chi connectivity index (χ4n) is 7.10. The van der Waals surface area contributed by atoms with Gasteiger partial charge in [0.15, 0.2) is 0 Å². The minimum atomic E-state index is 0.104. The molecular weight excluding hydrogens is 408 g/mol. The van der Waals surface area contributed by atoms with Crippen LogP contribution in [-0.4, -0.2) is 0 Å². The lowest BCUT2D eigenvalue weighted by Gasteiger charge is -2.45. The molecule has 0 amide bonds. The fourth-order valence-corrected chi connectivity index (χ4v) is 7.10. The highest BCUT2D eigenvalue weighted by molar-refractivity contribution is 5.80. The average Bonchev–Trinajstić information content (AvgIpc) is 3.45. The molecule has 2 aromatic rings. The van der Waals surface area contributed by atoms with E-state index in [2.05, 4.69) is 97.0 Å². The largest absolute Gasteiger partial charge is 0.0804 e. The summed E-state index contributed by atoms with van der Waals surface area (Å²) in [7, 11) is 0. The third kappa shape index (κ3) is 3.82. The quantitative estimate of drug-likeness (QED) is 0.371. The van der Waals surface area contributed by atoms with Crippen LogP contribution in [0, 0.1) is 5.92 Å². The molecule has 34 heavy (non-hydrogen) atoms. The number of benzene rings is 2. The minimum Gasteiger partial charge on any atom is -0.0804 e. The first kappa shape index (κ1) is 23.7. The third-order valence-corrected chi connectivity index (χ3v) is 9.13. The third-order valence-electron chi connectivity index (χ3n) is 9.13. The van der Waals surface area contributed by atoms with Crippen molar-refractivity contribution in [2.75, 3.05) is 0 Å². The van der Waals surface area contributed by atoms with Gasteiger partial charge in [-0.3, -0.25) is 0 Å². The number of fused-ring (bicyclic) bond motifs is 3. The van der Waals surface area contributed by atoms with Crippen molar-refractivity contribution in [2.24, 2.45) is 5.92 Å². The van der Waals surface area contributed by atoms with Crippen LogP contribution in [0.5, 0.6) is 0 Å². The molecule has 3 aliphatic rings.